The molecule has 1 amide bonds. The molecule has 0 bridgehead atoms. The smallest absolute Gasteiger partial charge is 0.418 e. The second-order valence-corrected chi connectivity index (χ2v) is 6.29. The summed E-state index contributed by atoms with van der Waals surface area (Å²) < 4.78 is 54.5. The lowest BCUT2D eigenvalue weighted by atomic mass is 10.1. The molecular formula is C20H19F3N2O7. The lowest BCUT2D eigenvalue weighted by Gasteiger charge is -2.17. The molecule has 0 aromatic heterocycles. The molecular weight excluding hydrogens is 437 g/mol. The number of ether oxygens (including phenoxy) is 3. The van der Waals surface area contributed by atoms with Crippen molar-refractivity contribution in [1.82, 2.24) is 0 Å². The first kappa shape index (κ1) is 24.4. The minimum absolute atomic E-state index is 0.0145. The van der Waals surface area contributed by atoms with Crippen LogP contribution in [0.2, 0.25) is 0 Å². The molecule has 1 atom stereocenters. The molecule has 12 heteroatoms. The van der Waals surface area contributed by atoms with Crippen molar-refractivity contribution in [2.45, 2.75) is 26.1 Å². The zero-order valence-corrected chi connectivity index (χ0v) is 17.2. The highest BCUT2D eigenvalue weighted by atomic mass is 19.4. The standard InChI is InChI=1S/C20H19F3N2O7/c1-4-31-17-10-15(25(28)29)12(9-16(17)30-3)19(27)32-11(2)18(26)24-14-8-6-5-7-13(14)20(21,22)23/h5-11H,4H2,1-3H3,(H,24,26). The number of amides is 1. The van der Waals surface area contributed by atoms with E-state index in [0.29, 0.717) is 0 Å². The molecule has 0 aliphatic carbocycles. The van der Waals surface area contributed by atoms with Crippen LogP contribution in [0.3, 0.4) is 0 Å². The van der Waals surface area contributed by atoms with Gasteiger partial charge in [-0.1, -0.05) is 12.1 Å². The number of nitro benzene ring substituents is 1. The first-order chi connectivity index (χ1) is 15.0. The number of nitrogens with one attached hydrogen (secondary N) is 1. The Morgan fingerprint density at radius 1 is 1.19 bits per heavy atom. The molecule has 0 aliphatic rings. The Balaban J connectivity index is 2.26. The maximum atomic E-state index is 13.1. The van der Waals surface area contributed by atoms with Crippen molar-refractivity contribution >= 4 is 23.3 Å². The van der Waals surface area contributed by atoms with Gasteiger partial charge in [0, 0.05) is 6.07 Å². The van der Waals surface area contributed by atoms with Crippen LogP contribution in [-0.2, 0) is 15.7 Å². The highest BCUT2D eigenvalue weighted by Gasteiger charge is 2.34. The van der Waals surface area contributed by atoms with E-state index in [-0.39, 0.29) is 18.1 Å². The van der Waals surface area contributed by atoms with Gasteiger partial charge in [0.05, 0.1) is 36.0 Å². The van der Waals surface area contributed by atoms with E-state index in [4.69, 9.17) is 14.2 Å². The van der Waals surface area contributed by atoms with Gasteiger partial charge >= 0.3 is 12.1 Å². The number of rotatable bonds is 8. The third kappa shape index (κ3) is 5.65. The number of para-hydroxylation sites is 1. The molecule has 1 N–H and O–H groups in total. The lowest BCUT2D eigenvalue weighted by Crippen LogP contribution is -2.31. The monoisotopic (exact) mass is 456 g/mol. The fraction of sp³-hybridized carbons (Fsp3) is 0.300. The first-order valence-corrected chi connectivity index (χ1v) is 9.16. The Morgan fingerprint density at radius 3 is 2.41 bits per heavy atom. The van der Waals surface area contributed by atoms with Crippen LogP contribution in [-0.4, -0.2) is 36.6 Å². The number of nitro groups is 1. The van der Waals surface area contributed by atoms with E-state index in [1.54, 1.807) is 6.92 Å². The molecule has 0 saturated carbocycles. The molecule has 172 valence electrons. The number of hydrogen-bond donors (Lipinski definition) is 1. The van der Waals surface area contributed by atoms with Gasteiger partial charge in [0.1, 0.15) is 5.56 Å². The van der Waals surface area contributed by atoms with Crippen molar-refractivity contribution in [2.75, 3.05) is 19.0 Å². The van der Waals surface area contributed by atoms with Gasteiger partial charge in [-0.25, -0.2) is 4.79 Å². The number of anilines is 1. The lowest BCUT2D eigenvalue weighted by molar-refractivity contribution is -0.385. The Morgan fingerprint density at radius 2 is 1.84 bits per heavy atom. The van der Waals surface area contributed by atoms with Crippen LogP contribution in [0, 0.1) is 10.1 Å². The second-order valence-electron chi connectivity index (χ2n) is 6.29. The highest BCUT2D eigenvalue weighted by Crippen LogP contribution is 2.36. The second kappa shape index (κ2) is 9.98. The van der Waals surface area contributed by atoms with Crippen LogP contribution in [0.4, 0.5) is 24.5 Å². The number of benzene rings is 2. The first-order valence-electron chi connectivity index (χ1n) is 9.16. The summed E-state index contributed by atoms with van der Waals surface area (Å²) in [6.07, 6.45) is -6.29. The summed E-state index contributed by atoms with van der Waals surface area (Å²) in [5.41, 5.74) is -2.79. The SMILES string of the molecule is CCOc1cc([N+](=O)[O-])c(C(=O)OC(C)C(=O)Nc2ccccc2C(F)(F)F)cc1OC. The van der Waals surface area contributed by atoms with Crippen molar-refractivity contribution in [1.29, 1.82) is 0 Å². The van der Waals surface area contributed by atoms with E-state index in [1.807, 2.05) is 5.32 Å². The van der Waals surface area contributed by atoms with Gasteiger partial charge in [-0.05, 0) is 26.0 Å². The molecule has 0 fully saturated rings. The summed E-state index contributed by atoms with van der Waals surface area (Å²) >= 11 is 0. The minimum Gasteiger partial charge on any atom is -0.493 e. The quantitative estimate of drug-likeness (QED) is 0.359. The molecule has 0 heterocycles. The van der Waals surface area contributed by atoms with Crippen LogP contribution < -0.4 is 14.8 Å². The van der Waals surface area contributed by atoms with Gasteiger partial charge in [-0.15, -0.1) is 0 Å². The van der Waals surface area contributed by atoms with Crippen LogP contribution in [0.1, 0.15) is 29.8 Å². The van der Waals surface area contributed by atoms with E-state index in [2.05, 4.69) is 0 Å². The molecule has 0 saturated heterocycles. The molecule has 2 aromatic rings. The Labute approximate surface area is 180 Å². The molecule has 2 aromatic carbocycles. The van der Waals surface area contributed by atoms with Gasteiger partial charge in [-0.2, -0.15) is 13.2 Å². The number of esters is 1. The summed E-state index contributed by atoms with van der Waals surface area (Å²) in [7, 11) is 1.26. The number of methoxy groups -OCH3 is 1. The predicted molar refractivity (Wildman–Crippen MR) is 106 cm³/mol. The van der Waals surface area contributed by atoms with Crippen molar-refractivity contribution in [3.63, 3.8) is 0 Å². The van der Waals surface area contributed by atoms with Crippen molar-refractivity contribution in [3.05, 3.63) is 57.6 Å². The van der Waals surface area contributed by atoms with Crippen molar-refractivity contribution in [2.24, 2.45) is 0 Å². The normalized spacial score (nSPS) is 11.9. The summed E-state index contributed by atoms with van der Waals surface area (Å²) in [4.78, 5) is 35.4. The number of alkyl halides is 3. The van der Waals surface area contributed by atoms with Crippen LogP contribution in [0.25, 0.3) is 0 Å². The molecule has 0 aliphatic heterocycles. The van der Waals surface area contributed by atoms with E-state index < -0.39 is 51.6 Å². The van der Waals surface area contributed by atoms with Gasteiger partial charge in [0.15, 0.2) is 17.6 Å². The van der Waals surface area contributed by atoms with E-state index >= 15 is 0 Å². The molecule has 1 unspecified atom stereocenters. The fourth-order valence-electron chi connectivity index (χ4n) is 2.64. The van der Waals surface area contributed by atoms with Gasteiger partial charge in [-0.3, -0.25) is 14.9 Å². The summed E-state index contributed by atoms with van der Waals surface area (Å²) in [5.74, 6) is -2.27. The minimum atomic E-state index is -4.72. The third-order valence-corrected chi connectivity index (χ3v) is 4.14. The summed E-state index contributed by atoms with van der Waals surface area (Å²) in [5, 5.41) is 13.4. The number of nitrogens with zero attached hydrogens (tertiary/aromatic N) is 1. The molecule has 0 spiro atoms. The zero-order chi connectivity index (χ0) is 24.1. The maximum absolute atomic E-state index is 13.1. The van der Waals surface area contributed by atoms with Crippen LogP contribution in [0.5, 0.6) is 11.5 Å². The van der Waals surface area contributed by atoms with Crippen molar-refractivity contribution < 1.29 is 41.9 Å². The molecule has 32 heavy (non-hydrogen) atoms. The van der Waals surface area contributed by atoms with Crippen LogP contribution in [0.15, 0.2) is 36.4 Å². The molecule has 0 radical (unpaired) electrons. The highest BCUT2D eigenvalue weighted by molar-refractivity contribution is 5.99. The van der Waals surface area contributed by atoms with Gasteiger partial charge in [0.25, 0.3) is 11.6 Å². The van der Waals surface area contributed by atoms with E-state index in [0.717, 1.165) is 37.3 Å². The number of halogens is 3. The number of hydrogen-bond acceptors (Lipinski definition) is 7. The maximum Gasteiger partial charge on any atom is 0.418 e. The average Bonchev–Trinajstić information content (AvgIpc) is 2.73. The topological polar surface area (TPSA) is 117 Å². The molecule has 9 nitrogen and oxygen atoms in total. The van der Waals surface area contributed by atoms with Gasteiger partial charge in [0.2, 0.25) is 0 Å². The fourth-order valence-corrected chi connectivity index (χ4v) is 2.64. The largest absolute Gasteiger partial charge is 0.493 e. The van der Waals surface area contributed by atoms with Gasteiger partial charge < -0.3 is 19.5 Å². The Bertz CT molecular complexity index is 1020. The van der Waals surface area contributed by atoms with Crippen molar-refractivity contribution in [3.8, 4) is 11.5 Å². The van der Waals surface area contributed by atoms with Crippen LogP contribution >= 0.6 is 0 Å². The summed E-state index contributed by atoms with van der Waals surface area (Å²) in [6, 6.07) is 6.26. The molecule has 2 rings (SSSR count). The Kier molecular flexibility index (Phi) is 7.63. The zero-order valence-electron chi connectivity index (χ0n) is 17.2. The number of carbonyl (C=O) groups excluding carboxylic acids is 2. The van der Waals surface area contributed by atoms with E-state index in [9.17, 15) is 32.9 Å². The van der Waals surface area contributed by atoms with E-state index in [1.165, 1.54) is 13.2 Å². The Hall–Kier alpha value is -3.83. The summed E-state index contributed by atoms with van der Waals surface area (Å²) in [6.45, 7) is 2.93. The predicted octanol–water partition coefficient (Wildman–Crippen LogP) is 4.20. The third-order valence-electron chi connectivity index (χ3n) is 4.14. The average molecular weight is 456 g/mol. The number of carbonyl (C=O) groups is 2.